The summed E-state index contributed by atoms with van der Waals surface area (Å²) < 4.78 is 5.56. The van der Waals surface area contributed by atoms with E-state index >= 15 is 0 Å². The van der Waals surface area contributed by atoms with Crippen LogP contribution in [0.2, 0.25) is 5.02 Å². The number of benzene rings is 2. The molecular formula is C19H16ClN2O5-. The van der Waals surface area contributed by atoms with E-state index in [-0.39, 0.29) is 31.4 Å². The van der Waals surface area contributed by atoms with Gasteiger partial charge in [0.1, 0.15) is 5.75 Å². The summed E-state index contributed by atoms with van der Waals surface area (Å²) >= 11 is 5.80. The molecule has 2 aromatic rings. The number of carbonyl (C=O) groups is 3. The lowest BCUT2D eigenvalue weighted by atomic mass is 10.1. The second-order valence-corrected chi connectivity index (χ2v) is 6.47. The van der Waals surface area contributed by atoms with Gasteiger partial charge in [-0.15, -0.1) is 0 Å². The highest BCUT2D eigenvalue weighted by Crippen LogP contribution is 2.32. The zero-order valence-electron chi connectivity index (χ0n) is 14.2. The summed E-state index contributed by atoms with van der Waals surface area (Å²) in [6.07, 6.45) is -0.117. The predicted molar refractivity (Wildman–Crippen MR) is 97.5 cm³/mol. The maximum absolute atomic E-state index is 12.1. The van der Waals surface area contributed by atoms with Crippen LogP contribution in [0.3, 0.4) is 0 Å². The van der Waals surface area contributed by atoms with E-state index in [0.29, 0.717) is 22.1 Å². The number of rotatable bonds is 6. The van der Waals surface area contributed by atoms with Crippen LogP contribution >= 0.6 is 11.6 Å². The van der Waals surface area contributed by atoms with Gasteiger partial charge in [0.25, 0.3) is 5.91 Å². The molecule has 0 radical (unpaired) electrons. The van der Waals surface area contributed by atoms with E-state index in [9.17, 15) is 19.5 Å². The molecular weight excluding hydrogens is 372 g/mol. The van der Waals surface area contributed by atoms with Gasteiger partial charge in [-0.25, -0.2) is 0 Å². The highest BCUT2D eigenvalue weighted by atomic mass is 35.5. The third-order valence-electron chi connectivity index (χ3n) is 4.10. The Morgan fingerprint density at radius 1 is 1.19 bits per heavy atom. The number of anilines is 2. The van der Waals surface area contributed by atoms with Crippen molar-refractivity contribution in [2.24, 2.45) is 5.92 Å². The summed E-state index contributed by atoms with van der Waals surface area (Å²) in [6, 6.07) is 13.3. The number of hydrogen-bond donors (Lipinski definition) is 1. The number of ether oxygens (including phenoxy) is 1. The van der Waals surface area contributed by atoms with Crippen molar-refractivity contribution in [1.29, 1.82) is 0 Å². The second-order valence-electron chi connectivity index (χ2n) is 6.04. The lowest BCUT2D eigenvalue weighted by Gasteiger charge is -2.20. The molecule has 140 valence electrons. The first kappa shape index (κ1) is 18.7. The highest BCUT2D eigenvalue weighted by molar-refractivity contribution is 6.30. The van der Waals surface area contributed by atoms with Gasteiger partial charge in [0.15, 0.2) is 6.61 Å². The van der Waals surface area contributed by atoms with Crippen molar-refractivity contribution in [3.63, 3.8) is 0 Å². The molecule has 1 N–H and O–H groups in total. The van der Waals surface area contributed by atoms with Gasteiger partial charge in [0.2, 0.25) is 5.91 Å². The standard InChI is InChI=1S/C19H17ClN2O5/c20-13-5-7-14(8-6-13)21-17(23)11-27-16-4-2-1-3-15(16)22-10-12(19(25)26)9-18(22)24/h1-8,12H,9-11H2,(H,21,23)(H,25,26)/p-1. The Bertz CT molecular complexity index is 869. The summed E-state index contributed by atoms with van der Waals surface area (Å²) in [6.45, 7) is -0.260. The Morgan fingerprint density at radius 2 is 1.89 bits per heavy atom. The summed E-state index contributed by atoms with van der Waals surface area (Å²) in [4.78, 5) is 36.6. The van der Waals surface area contributed by atoms with Crippen LogP contribution in [0.4, 0.5) is 11.4 Å². The molecule has 0 aromatic heterocycles. The van der Waals surface area contributed by atoms with E-state index in [4.69, 9.17) is 16.3 Å². The van der Waals surface area contributed by atoms with Crippen LogP contribution in [0.25, 0.3) is 0 Å². The number of hydrogen-bond acceptors (Lipinski definition) is 5. The number of carboxylic acid groups (broad SMARTS) is 1. The fourth-order valence-corrected chi connectivity index (χ4v) is 2.90. The Labute approximate surface area is 160 Å². The molecule has 27 heavy (non-hydrogen) atoms. The van der Waals surface area contributed by atoms with E-state index in [0.717, 1.165) is 0 Å². The third-order valence-corrected chi connectivity index (χ3v) is 4.35. The molecule has 2 aromatic carbocycles. The molecule has 1 heterocycles. The van der Waals surface area contributed by atoms with Gasteiger partial charge in [-0.05, 0) is 36.4 Å². The van der Waals surface area contributed by atoms with Crippen molar-refractivity contribution in [1.82, 2.24) is 0 Å². The molecule has 7 nitrogen and oxygen atoms in total. The molecule has 1 unspecified atom stereocenters. The molecule has 0 bridgehead atoms. The van der Waals surface area contributed by atoms with Gasteiger partial charge in [0.05, 0.1) is 5.69 Å². The summed E-state index contributed by atoms with van der Waals surface area (Å²) in [5.74, 6) is -2.51. The van der Waals surface area contributed by atoms with Crippen LogP contribution < -0.4 is 20.1 Å². The lowest BCUT2D eigenvalue weighted by Crippen LogP contribution is -2.33. The monoisotopic (exact) mass is 387 g/mol. The molecule has 2 amide bonds. The van der Waals surface area contributed by atoms with Crippen LogP contribution in [-0.4, -0.2) is 30.9 Å². The molecule has 0 spiro atoms. The zero-order valence-corrected chi connectivity index (χ0v) is 14.9. The number of para-hydroxylation sites is 2. The van der Waals surface area contributed by atoms with Crippen LogP contribution in [0.1, 0.15) is 6.42 Å². The number of aliphatic carboxylic acids is 1. The van der Waals surface area contributed by atoms with E-state index < -0.39 is 11.9 Å². The van der Waals surface area contributed by atoms with Gasteiger partial charge in [-0.3, -0.25) is 9.59 Å². The van der Waals surface area contributed by atoms with Crippen LogP contribution in [0.15, 0.2) is 48.5 Å². The first-order valence-corrected chi connectivity index (χ1v) is 8.60. The van der Waals surface area contributed by atoms with Crippen LogP contribution in [0, 0.1) is 5.92 Å². The molecule has 1 atom stereocenters. The van der Waals surface area contributed by atoms with Crippen molar-refractivity contribution >= 4 is 40.8 Å². The second kappa shape index (κ2) is 8.09. The minimum absolute atomic E-state index is 0.0124. The van der Waals surface area contributed by atoms with Crippen molar-refractivity contribution < 1.29 is 24.2 Å². The van der Waals surface area contributed by atoms with Gasteiger partial charge >= 0.3 is 0 Å². The molecule has 1 aliphatic heterocycles. The fourth-order valence-electron chi connectivity index (χ4n) is 2.77. The maximum Gasteiger partial charge on any atom is 0.262 e. The van der Waals surface area contributed by atoms with Crippen molar-refractivity contribution in [2.75, 3.05) is 23.4 Å². The Balaban J connectivity index is 1.66. The minimum Gasteiger partial charge on any atom is -0.550 e. The number of nitrogens with one attached hydrogen (secondary N) is 1. The Morgan fingerprint density at radius 3 is 2.56 bits per heavy atom. The molecule has 1 fully saturated rings. The quantitative estimate of drug-likeness (QED) is 0.809. The number of halogens is 1. The zero-order chi connectivity index (χ0) is 19.4. The van der Waals surface area contributed by atoms with E-state index in [1.54, 1.807) is 48.5 Å². The van der Waals surface area contributed by atoms with Crippen LogP contribution in [0.5, 0.6) is 5.75 Å². The largest absolute Gasteiger partial charge is 0.550 e. The molecule has 1 aliphatic rings. The molecule has 1 saturated heterocycles. The van der Waals surface area contributed by atoms with Crippen LogP contribution in [-0.2, 0) is 14.4 Å². The molecule has 0 aliphatic carbocycles. The van der Waals surface area contributed by atoms with E-state index in [1.807, 2.05) is 0 Å². The minimum atomic E-state index is -1.26. The Hall–Kier alpha value is -3.06. The summed E-state index contributed by atoms with van der Waals surface area (Å²) in [5.41, 5.74) is 0.998. The molecule has 3 rings (SSSR count). The average molecular weight is 388 g/mol. The SMILES string of the molecule is O=C(COc1ccccc1N1CC(C(=O)[O-])CC1=O)Nc1ccc(Cl)cc1. The van der Waals surface area contributed by atoms with Gasteiger partial charge in [-0.1, -0.05) is 23.7 Å². The summed E-state index contributed by atoms with van der Waals surface area (Å²) in [5, 5.41) is 14.3. The third kappa shape index (κ3) is 4.57. The topological polar surface area (TPSA) is 98.8 Å². The normalized spacial score (nSPS) is 16.3. The van der Waals surface area contributed by atoms with Crippen molar-refractivity contribution in [3.8, 4) is 5.75 Å². The predicted octanol–water partition coefficient (Wildman–Crippen LogP) is 1.46. The number of carboxylic acids is 1. The molecule has 0 saturated carbocycles. The fraction of sp³-hybridized carbons (Fsp3) is 0.211. The van der Waals surface area contributed by atoms with Crippen molar-refractivity contribution in [3.05, 3.63) is 53.6 Å². The average Bonchev–Trinajstić information content (AvgIpc) is 3.04. The molecule has 8 heteroatoms. The number of nitrogens with zero attached hydrogens (tertiary/aromatic N) is 1. The Kier molecular flexibility index (Phi) is 5.61. The lowest BCUT2D eigenvalue weighted by molar-refractivity contribution is -0.310. The van der Waals surface area contributed by atoms with E-state index in [2.05, 4.69) is 5.32 Å². The highest BCUT2D eigenvalue weighted by Gasteiger charge is 2.32. The van der Waals surface area contributed by atoms with Gasteiger partial charge < -0.3 is 24.9 Å². The summed E-state index contributed by atoms with van der Waals surface area (Å²) in [7, 11) is 0. The number of carbonyl (C=O) groups excluding carboxylic acids is 3. The first-order valence-electron chi connectivity index (χ1n) is 8.22. The van der Waals surface area contributed by atoms with Gasteiger partial charge in [0, 0.05) is 35.6 Å². The first-order chi connectivity index (χ1) is 12.9. The van der Waals surface area contributed by atoms with E-state index in [1.165, 1.54) is 4.90 Å². The number of amides is 2. The maximum atomic E-state index is 12.1. The van der Waals surface area contributed by atoms with Crippen molar-refractivity contribution in [2.45, 2.75) is 6.42 Å². The smallest absolute Gasteiger partial charge is 0.262 e. The van der Waals surface area contributed by atoms with Gasteiger partial charge in [-0.2, -0.15) is 0 Å².